The molecule has 2 fully saturated rings. The number of aliphatic hydroxyl groups is 1. The molecule has 2 aliphatic heterocycles. The predicted molar refractivity (Wildman–Crippen MR) is 191 cm³/mol. The van der Waals surface area contributed by atoms with Crippen molar-refractivity contribution in [2.45, 2.75) is 125 Å². The molecule has 0 radical (unpaired) electrons. The third-order valence-corrected chi connectivity index (χ3v) is 9.17. The summed E-state index contributed by atoms with van der Waals surface area (Å²) in [6.07, 6.45) is 5.01. The van der Waals surface area contributed by atoms with Gasteiger partial charge in [0.15, 0.2) is 0 Å². The van der Waals surface area contributed by atoms with E-state index in [1.165, 1.54) is 57.6 Å². The Morgan fingerprint density at radius 1 is 0.640 bits per heavy atom. The first kappa shape index (κ1) is 38.1. The van der Waals surface area contributed by atoms with Gasteiger partial charge in [0.2, 0.25) is 0 Å². The van der Waals surface area contributed by atoms with Crippen molar-refractivity contribution >= 4 is 40.9 Å². The maximum absolute atomic E-state index is 12.6. The molecule has 2 saturated carbocycles. The summed E-state index contributed by atoms with van der Waals surface area (Å²) in [6, 6.07) is 8.66. The fourth-order valence-electron chi connectivity index (χ4n) is 6.72. The monoisotopic (exact) mass is 686 g/mol. The molecule has 10 heteroatoms. The lowest BCUT2D eigenvalue weighted by atomic mass is 9.90. The fourth-order valence-corrected chi connectivity index (χ4v) is 6.72. The highest BCUT2D eigenvalue weighted by Crippen LogP contribution is 2.44. The zero-order valence-electron chi connectivity index (χ0n) is 31.1. The summed E-state index contributed by atoms with van der Waals surface area (Å²) in [4.78, 5) is 55.9. The largest absolute Gasteiger partial charge is 0.509 e. The Balaban J connectivity index is 0.000000191. The van der Waals surface area contributed by atoms with Gasteiger partial charge in [-0.2, -0.15) is 0 Å². The van der Waals surface area contributed by atoms with E-state index in [1.54, 1.807) is 0 Å². The highest BCUT2D eigenvalue weighted by molar-refractivity contribution is 6.24. The maximum Gasteiger partial charge on any atom is 0.310 e. The Morgan fingerprint density at radius 3 is 1.30 bits per heavy atom. The predicted octanol–water partition coefficient (Wildman–Crippen LogP) is 6.82. The Kier molecular flexibility index (Phi) is 10.9. The van der Waals surface area contributed by atoms with Gasteiger partial charge < -0.3 is 25.2 Å². The molecule has 0 bridgehead atoms. The first-order valence-electron chi connectivity index (χ1n) is 17.1. The maximum atomic E-state index is 12.6. The number of aryl methyl sites for hydroxylation is 4. The molecule has 50 heavy (non-hydrogen) atoms. The van der Waals surface area contributed by atoms with E-state index in [1.807, 2.05) is 55.4 Å². The van der Waals surface area contributed by atoms with Gasteiger partial charge in [0, 0.05) is 20.8 Å². The second-order valence-electron chi connectivity index (χ2n) is 14.9. The summed E-state index contributed by atoms with van der Waals surface area (Å²) < 4.78 is 9.39. The van der Waals surface area contributed by atoms with Gasteiger partial charge in [0.1, 0.15) is 11.5 Å². The Morgan fingerprint density at radius 2 is 1.00 bits per heavy atom. The van der Waals surface area contributed by atoms with Gasteiger partial charge in [0.25, 0.3) is 11.8 Å². The number of amides is 2. The van der Waals surface area contributed by atoms with Crippen molar-refractivity contribution in [2.75, 3.05) is 0 Å². The van der Waals surface area contributed by atoms with Crippen LogP contribution in [-0.4, -0.2) is 45.9 Å². The number of carbonyl (C=O) groups excluding carboxylic acids is 5. The number of aliphatic hydroxyl groups excluding tert-OH is 1. The van der Waals surface area contributed by atoms with E-state index in [0.29, 0.717) is 28.7 Å². The summed E-state index contributed by atoms with van der Waals surface area (Å²) in [5.74, 6) is 0.0183. The van der Waals surface area contributed by atoms with Crippen molar-refractivity contribution in [3.63, 3.8) is 0 Å². The van der Waals surface area contributed by atoms with Gasteiger partial charge in [-0.15, -0.1) is 0 Å². The van der Waals surface area contributed by atoms with E-state index in [2.05, 4.69) is 39.6 Å². The lowest BCUT2D eigenvalue weighted by Crippen LogP contribution is -2.39. The topological polar surface area (TPSA) is 148 Å². The summed E-state index contributed by atoms with van der Waals surface area (Å²) in [5.41, 5.74) is 8.28. The number of nitrogens with one attached hydrogen (secondary N) is 2. The first-order valence-corrected chi connectivity index (χ1v) is 17.1. The molecule has 2 aromatic rings. The number of rotatable bonds is 5. The van der Waals surface area contributed by atoms with Crippen LogP contribution in [0, 0.1) is 27.7 Å². The van der Waals surface area contributed by atoms with E-state index in [9.17, 15) is 29.1 Å². The van der Waals surface area contributed by atoms with E-state index in [-0.39, 0.29) is 17.6 Å². The third kappa shape index (κ3) is 8.52. The van der Waals surface area contributed by atoms with E-state index < -0.39 is 29.0 Å². The van der Waals surface area contributed by atoms with E-state index in [0.717, 1.165) is 33.4 Å². The smallest absolute Gasteiger partial charge is 0.310 e. The molecule has 2 amide bonds. The number of ether oxygens (including phenoxy) is 2. The molecule has 6 rings (SSSR count). The van der Waals surface area contributed by atoms with Crippen molar-refractivity contribution < 1.29 is 38.6 Å². The Hall–Kier alpha value is -4.73. The van der Waals surface area contributed by atoms with Gasteiger partial charge in [-0.05, 0) is 137 Å². The zero-order valence-corrected chi connectivity index (χ0v) is 31.1. The van der Waals surface area contributed by atoms with Crippen molar-refractivity contribution in [1.82, 2.24) is 10.6 Å². The SMILES string of the molecule is CC(=O)OC(C)=O.CC(=O)OC1=C(c2c(C)cc(C3CC3)cc2C)C(=O)NC1(C)C.Cc1cc(C2CC2)cc(C)c1C1=C(O)C(C)(C)NC1=O. The Labute approximate surface area is 294 Å². The molecular weight excluding hydrogens is 636 g/mol. The van der Waals surface area contributed by atoms with Crippen LogP contribution in [0.1, 0.15) is 130 Å². The minimum absolute atomic E-state index is 0.146. The lowest BCUT2D eigenvalue weighted by molar-refractivity contribution is -0.156. The average Bonchev–Trinajstić information content (AvgIpc) is 3.88. The van der Waals surface area contributed by atoms with Crippen LogP contribution in [0.15, 0.2) is 35.8 Å². The average molecular weight is 687 g/mol. The van der Waals surface area contributed by atoms with Crippen LogP contribution < -0.4 is 10.6 Å². The molecule has 0 aromatic heterocycles. The summed E-state index contributed by atoms with van der Waals surface area (Å²) in [5, 5.41) is 16.1. The normalized spacial score (nSPS) is 18.7. The van der Waals surface area contributed by atoms with Gasteiger partial charge in [-0.3, -0.25) is 24.0 Å². The molecule has 2 aliphatic carbocycles. The van der Waals surface area contributed by atoms with Crippen LogP contribution in [0.4, 0.5) is 0 Å². The first-order chi connectivity index (χ1) is 23.1. The second-order valence-corrected chi connectivity index (χ2v) is 14.9. The highest BCUT2D eigenvalue weighted by Gasteiger charge is 2.42. The van der Waals surface area contributed by atoms with E-state index in [4.69, 9.17) is 4.74 Å². The van der Waals surface area contributed by atoms with Gasteiger partial charge in [0.05, 0.1) is 22.2 Å². The minimum atomic E-state index is -0.688. The van der Waals surface area contributed by atoms with Crippen LogP contribution in [0.3, 0.4) is 0 Å². The Bertz CT molecular complexity index is 1780. The molecule has 3 N–H and O–H groups in total. The fraction of sp³-hybridized carbons (Fsp3) is 0.475. The second kappa shape index (κ2) is 14.2. The van der Waals surface area contributed by atoms with Gasteiger partial charge in [-0.25, -0.2) is 0 Å². The highest BCUT2D eigenvalue weighted by atomic mass is 16.6. The summed E-state index contributed by atoms with van der Waals surface area (Å²) in [7, 11) is 0. The van der Waals surface area contributed by atoms with Gasteiger partial charge >= 0.3 is 17.9 Å². The number of benzene rings is 2. The summed E-state index contributed by atoms with van der Waals surface area (Å²) in [6.45, 7) is 19.1. The van der Waals surface area contributed by atoms with Crippen LogP contribution in [0.25, 0.3) is 11.1 Å². The van der Waals surface area contributed by atoms with Crippen molar-refractivity contribution in [1.29, 1.82) is 0 Å². The molecule has 0 unspecified atom stereocenters. The molecule has 10 nitrogen and oxygen atoms in total. The molecule has 0 saturated heterocycles. The number of esters is 3. The van der Waals surface area contributed by atoms with Crippen molar-refractivity contribution in [2.24, 2.45) is 0 Å². The van der Waals surface area contributed by atoms with Crippen molar-refractivity contribution in [3.05, 3.63) is 80.3 Å². The standard InChI is InChI=1S/C19H23NO3.C17H21NO2.C4H6O3/c1-10-8-14(13-6-7-13)9-11(2)15(10)16-17(23-12(3)21)19(4,5)20-18(16)22;1-9-7-12(11-5-6-11)8-10(2)13(9)14-15(19)17(3,4)18-16(14)20;1-3(5)7-4(2)6/h8-9,13H,6-7H2,1-5H3,(H,20,22);7-8,11,19H,5-6H2,1-4H3,(H,18,20);1-2H3. The number of hydrogen-bond donors (Lipinski definition) is 3. The zero-order chi connectivity index (χ0) is 37.5. The summed E-state index contributed by atoms with van der Waals surface area (Å²) >= 11 is 0. The number of carbonyl (C=O) groups is 5. The van der Waals surface area contributed by atoms with Gasteiger partial charge in [-0.1, -0.05) is 24.3 Å². The third-order valence-electron chi connectivity index (χ3n) is 9.17. The molecular formula is C40H50N2O8. The van der Waals surface area contributed by atoms with Crippen LogP contribution >= 0.6 is 0 Å². The molecule has 2 heterocycles. The minimum Gasteiger partial charge on any atom is -0.509 e. The number of hydrogen-bond acceptors (Lipinski definition) is 8. The van der Waals surface area contributed by atoms with Crippen molar-refractivity contribution in [3.8, 4) is 0 Å². The van der Waals surface area contributed by atoms with Crippen LogP contribution in [0.5, 0.6) is 0 Å². The van der Waals surface area contributed by atoms with Crippen LogP contribution in [0.2, 0.25) is 0 Å². The molecule has 2 aromatic carbocycles. The molecule has 0 atom stereocenters. The quantitative estimate of drug-likeness (QED) is 0.229. The van der Waals surface area contributed by atoms with Crippen LogP contribution in [-0.2, 0) is 33.4 Å². The molecule has 4 aliphatic rings. The lowest BCUT2D eigenvalue weighted by Gasteiger charge is -2.21. The van der Waals surface area contributed by atoms with E-state index >= 15 is 0 Å². The molecule has 268 valence electrons. The molecule has 0 spiro atoms.